The van der Waals surface area contributed by atoms with Crippen molar-refractivity contribution >= 4 is 23.6 Å². The number of aromatic amines is 1. The van der Waals surface area contributed by atoms with Crippen molar-refractivity contribution in [3.63, 3.8) is 0 Å². The van der Waals surface area contributed by atoms with E-state index in [0.29, 0.717) is 23.6 Å². The van der Waals surface area contributed by atoms with E-state index < -0.39 is 5.97 Å². The van der Waals surface area contributed by atoms with Gasteiger partial charge in [-0.1, -0.05) is 12.1 Å². The van der Waals surface area contributed by atoms with E-state index in [1.807, 2.05) is 0 Å². The highest BCUT2D eigenvalue weighted by Gasteiger charge is 2.30. The SMILES string of the molecule is O=C(O)CSCC(=O)N1CCCCC1c1ncc(-c2cccc(F)c2)[nH]1. The Morgan fingerprint density at radius 3 is 2.96 bits per heavy atom. The van der Waals surface area contributed by atoms with Crippen LogP contribution in [-0.2, 0) is 9.59 Å². The van der Waals surface area contributed by atoms with Gasteiger partial charge in [-0.25, -0.2) is 9.37 Å². The van der Waals surface area contributed by atoms with E-state index in [-0.39, 0.29) is 29.3 Å². The summed E-state index contributed by atoms with van der Waals surface area (Å²) < 4.78 is 13.4. The standard InChI is InChI=1S/C18H20FN3O3S/c19-13-5-3-4-12(8-13)14-9-20-18(21-14)15-6-1-2-7-22(15)16(23)10-26-11-17(24)25/h3-5,8-9,15H,1-2,6-7,10-11H2,(H,20,21)(H,24,25). The first-order valence-electron chi connectivity index (χ1n) is 8.44. The Kier molecular flexibility index (Phi) is 5.92. The Labute approximate surface area is 154 Å². The van der Waals surface area contributed by atoms with Crippen LogP contribution in [0.15, 0.2) is 30.5 Å². The molecule has 138 valence electrons. The van der Waals surface area contributed by atoms with Crippen LogP contribution in [0.4, 0.5) is 4.39 Å². The second-order valence-corrected chi connectivity index (χ2v) is 7.16. The maximum Gasteiger partial charge on any atom is 0.313 e. The van der Waals surface area contributed by atoms with Gasteiger partial charge in [-0.2, -0.15) is 0 Å². The Morgan fingerprint density at radius 1 is 1.35 bits per heavy atom. The van der Waals surface area contributed by atoms with Gasteiger partial charge in [0.15, 0.2) is 0 Å². The molecule has 0 spiro atoms. The number of piperidine rings is 1. The van der Waals surface area contributed by atoms with E-state index in [4.69, 9.17) is 5.11 Å². The number of carbonyl (C=O) groups excluding carboxylic acids is 1. The van der Waals surface area contributed by atoms with E-state index in [9.17, 15) is 14.0 Å². The van der Waals surface area contributed by atoms with E-state index in [1.54, 1.807) is 23.2 Å². The maximum absolute atomic E-state index is 13.4. The molecule has 1 atom stereocenters. The Balaban J connectivity index is 1.73. The van der Waals surface area contributed by atoms with Crippen molar-refractivity contribution in [3.8, 4) is 11.3 Å². The van der Waals surface area contributed by atoms with E-state index in [0.717, 1.165) is 31.0 Å². The molecule has 0 aliphatic carbocycles. The molecule has 3 rings (SSSR count). The first-order valence-corrected chi connectivity index (χ1v) is 9.60. The van der Waals surface area contributed by atoms with Crippen LogP contribution in [0.5, 0.6) is 0 Å². The number of hydrogen-bond acceptors (Lipinski definition) is 4. The third kappa shape index (κ3) is 4.43. The van der Waals surface area contributed by atoms with Crippen LogP contribution in [0.25, 0.3) is 11.3 Å². The largest absolute Gasteiger partial charge is 0.481 e. The number of carbonyl (C=O) groups is 2. The molecule has 0 bridgehead atoms. The summed E-state index contributed by atoms with van der Waals surface area (Å²) in [5, 5.41) is 8.71. The van der Waals surface area contributed by atoms with Crippen LogP contribution in [0, 0.1) is 5.82 Å². The molecule has 6 nitrogen and oxygen atoms in total. The second-order valence-electron chi connectivity index (χ2n) is 6.18. The number of halogens is 1. The van der Waals surface area contributed by atoms with Crippen LogP contribution < -0.4 is 0 Å². The Hall–Kier alpha value is -2.35. The summed E-state index contributed by atoms with van der Waals surface area (Å²) in [4.78, 5) is 32.5. The molecule has 1 aromatic carbocycles. The number of likely N-dealkylation sites (tertiary alicyclic amines) is 1. The van der Waals surface area contributed by atoms with Gasteiger partial charge in [-0.15, -0.1) is 11.8 Å². The molecule has 1 aliphatic rings. The van der Waals surface area contributed by atoms with E-state index in [2.05, 4.69) is 9.97 Å². The summed E-state index contributed by atoms with van der Waals surface area (Å²) in [5.74, 6) is -0.591. The number of benzene rings is 1. The van der Waals surface area contributed by atoms with Gasteiger partial charge in [0.25, 0.3) is 0 Å². The number of carboxylic acids is 1. The zero-order chi connectivity index (χ0) is 18.5. The summed E-state index contributed by atoms with van der Waals surface area (Å²) in [5.41, 5.74) is 1.41. The maximum atomic E-state index is 13.4. The van der Waals surface area contributed by atoms with Gasteiger partial charge in [-0.3, -0.25) is 9.59 Å². The zero-order valence-electron chi connectivity index (χ0n) is 14.2. The molecular formula is C18H20FN3O3S. The third-order valence-corrected chi connectivity index (χ3v) is 5.22. The Morgan fingerprint density at radius 2 is 2.19 bits per heavy atom. The normalized spacial score (nSPS) is 17.3. The molecule has 2 heterocycles. The summed E-state index contributed by atoms with van der Waals surface area (Å²) in [6.45, 7) is 0.632. The fourth-order valence-electron chi connectivity index (χ4n) is 3.13. The van der Waals surface area contributed by atoms with Crippen molar-refractivity contribution in [3.05, 3.63) is 42.1 Å². The second kappa shape index (κ2) is 8.35. The van der Waals surface area contributed by atoms with Gasteiger partial charge in [0.2, 0.25) is 5.91 Å². The van der Waals surface area contributed by atoms with E-state index in [1.165, 1.54) is 12.1 Å². The number of thioether (sulfide) groups is 1. The molecule has 1 aliphatic heterocycles. The average Bonchev–Trinajstić information content (AvgIpc) is 3.11. The number of aliphatic carboxylic acids is 1. The molecule has 1 saturated heterocycles. The lowest BCUT2D eigenvalue weighted by Crippen LogP contribution is -2.40. The van der Waals surface area contributed by atoms with Crippen molar-refractivity contribution < 1.29 is 19.1 Å². The monoisotopic (exact) mass is 377 g/mol. The number of aromatic nitrogens is 2. The first-order chi connectivity index (χ1) is 12.5. The summed E-state index contributed by atoms with van der Waals surface area (Å²) in [6, 6.07) is 6.10. The van der Waals surface area contributed by atoms with Gasteiger partial charge in [-0.05, 0) is 31.4 Å². The van der Waals surface area contributed by atoms with Crippen molar-refractivity contribution in [1.29, 1.82) is 0 Å². The lowest BCUT2D eigenvalue weighted by atomic mass is 10.0. The van der Waals surface area contributed by atoms with Gasteiger partial charge in [0.05, 0.1) is 29.4 Å². The topological polar surface area (TPSA) is 86.3 Å². The van der Waals surface area contributed by atoms with Crippen LogP contribution in [0.2, 0.25) is 0 Å². The fourth-order valence-corrected chi connectivity index (χ4v) is 3.75. The third-order valence-electron chi connectivity index (χ3n) is 4.32. The lowest BCUT2D eigenvalue weighted by molar-refractivity contribution is -0.134. The molecule has 1 aromatic heterocycles. The number of nitrogens with zero attached hydrogens (tertiary/aromatic N) is 2. The molecule has 2 N–H and O–H groups in total. The molecule has 0 radical (unpaired) electrons. The minimum Gasteiger partial charge on any atom is -0.481 e. The van der Waals surface area contributed by atoms with Crippen LogP contribution >= 0.6 is 11.8 Å². The number of rotatable bonds is 6. The molecule has 8 heteroatoms. The molecule has 2 aromatic rings. The average molecular weight is 377 g/mol. The molecule has 0 saturated carbocycles. The summed E-state index contributed by atoms with van der Waals surface area (Å²) in [6.07, 6.45) is 4.36. The molecule has 26 heavy (non-hydrogen) atoms. The minimum atomic E-state index is -0.927. The number of amides is 1. The fraction of sp³-hybridized carbons (Fsp3) is 0.389. The smallest absolute Gasteiger partial charge is 0.313 e. The molecule has 1 fully saturated rings. The number of imidazole rings is 1. The highest BCUT2D eigenvalue weighted by molar-refractivity contribution is 8.00. The lowest BCUT2D eigenvalue weighted by Gasteiger charge is -2.34. The highest BCUT2D eigenvalue weighted by Crippen LogP contribution is 2.31. The molecular weight excluding hydrogens is 357 g/mol. The molecule has 1 amide bonds. The number of carboxylic acid groups (broad SMARTS) is 1. The Bertz CT molecular complexity index is 795. The van der Waals surface area contributed by atoms with Crippen LogP contribution in [0.1, 0.15) is 31.1 Å². The minimum absolute atomic E-state index is 0.0790. The molecule has 1 unspecified atom stereocenters. The van der Waals surface area contributed by atoms with Crippen molar-refractivity contribution in [2.24, 2.45) is 0 Å². The van der Waals surface area contributed by atoms with Crippen molar-refractivity contribution in [2.45, 2.75) is 25.3 Å². The quantitative estimate of drug-likeness (QED) is 0.808. The summed E-state index contributed by atoms with van der Waals surface area (Å²) in [7, 11) is 0. The van der Waals surface area contributed by atoms with Crippen molar-refractivity contribution in [2.75, 3.05) is 18.1 Å². The van der Waals surface area contributed by atoms with Gasteiger partial charge >= 0.3 is 5.97 Å². The number of H-pyrrole nitrogens is 1. The highest BCUT2D eigenvalue weighted by atomic mass is 32.2. The van der Waals surface area contributed by atoms with Crippen LogP contribution in [0.3, 0.4) is 0 Å². The zero-order valence-corrected chi connectivity index (χ0v) is 15.0. The van der Waals surface area contributed by atoms with Gasteiger partial charge < -0.3 is 15.0 Å². The van der Waals surface area contributed by atoms with Gasteiger partial charge in [0, 0.05) is 12.1 Å². The summed E-state index contributed by atoms with van der Waals surface area (Å²) >= 11 is 1.10. The van der Waals surface area contributed by atoms with E-state index >= 15 is 0 Å². The first kappa shape index (κ1) is 18.4. The number of nitrogens with one attached hydrogen (secondary N) is 1. The van der Waals surface area contributed by atoms with Gasteiger partial charge in [0.1, 0.15) is 11.6 Å². The van der Waals surface area contributed by atoms with Crippen molar-refractivity contribution in [1.82, 2.24) is 14.9 Å². The predicted octanol–water partition coefficient (Wildman–Crippen LogP) is 3.09. The predicted molar refractivity (Wildman–Crippen MR) is 97.2 cm³/mol. The van der Waals surface area contributed by atoms with Crippen LogP contribution in [-0.4, -0.2) is 49.9 Å². The number of hydrogen-bond donors (Lipinski definition) is 2.